The van der Waals surface area contributed by atoms with Crippen molar-refractivity contribution in [1.82, 2.24) is 10.2 Å². The minimum absolute atomic E-state index is 0.116. The minimum atomic E-state index is -0.624. The summed E-state index contributed by atoms with van der Waals surface area (Å²) < 4.78 is 14.9. The van der Waals surface area contributed by atoms with Crippen molar-refractivity contribution in [1.29, 1.82) is 0 Å². The van der Waals surface area contributed by atoms with Gasteiger partial charge in [0.2, 0.25) is 11.8 Å². The number of benzene rings is 2. The zero-order valence-electron chi connectivity index (χ0n) is 17.7. The Hall–Kier alpha value is -1.57. The number of nitrogens with zero attached hydrogens (tertiary/aromatic N) is 1. The summed E-state index contributed by atoms with van der Waals surface area (Å²) in [4.78, 5) is 27.2. The molecular weight excluding hydrogens is 503 g/mol. The highest BCUT2D eigenvalue weighted by atomic mass is 79.9. The third kappa shape index (κ3) is 8.13. The van der Waals surface area contributed by atoms with Gasteiger partial charge in [-0.15, -0.1) is 11.8 Å². The molecule has 0 spiro atoms. The smallest absolute Gasteiger partial charge is 0.242 e. The van der Waals surface area contributed by atoms with E-state index in [1.54, 1.807) is 24.0 Å². The molecule has 0 saturated heterocycles. The summed E-state index contributed by atoms with van der Waals surface area (Å²) in [6.45, 7) is 4.67. The number of rotatable bonds is 11. The first kappa shape index (κ1) is 25.7. The van der Waals surface area contributed by atoms with Gasteiger partial charge in [-0.25, -0.2) is 4.39 Å². The molecular formula is C23H27BrClFN2O2S. The number of amides is 2. The molecule has 2 amide bonds. The van der Waals surface area contributed by atoms with Crippen LogP contribution in [-0.4, -0.2) is 35.1 Å². The monoisotopic (exact) mass is 528 g/mol. The predicted molar refractivity (Wildman–Crippen MR) is 130 cm³/mol. The predicted octanol–water partition coefficient (Wildman–Crippen LogP) is 5.81. The van der Waals surface area contributed by atoms with E-state index in [0.29, 0.717) is 23.7 Å². The maximum absolute atomic E-state index is 14.0. The first-order valence-corrected chi connectivity index (χ1v) is 12.5. The van der Waals surface area contributed by atoms with Crippen LogP contribution in [0.25, 0.3) is 0 Å². The number of nitrogens with one attached hydrogen (secondary N) is 1. The van der Waals surface area contributed by atoms with Gasteiger partial charge in [-0.05, 0) is 43.2 Å². The number of carbonyl (C=O) groups is 2. The highest BCUT2D eigenvalue weighted by Crippen LogP contribution is 2.24. The fourth-order valence-electron chi connectivity index (χ4n) is 2.94. The van der Waals surface area contributed by atoms with Crippen LogP contribution in [0, 0.1) is 5.82 Å². The zero-order chi connectivity index (χ0) is 22.8. The fourth-order valence-corrected chi connectivity index (χ4v) is 4.64. The summed E-state index contributed by atoms with van der Waals surface area (Å²) in [5, 5.41) is 3.24. The molecule has 0 unspecified atom stereocenters. The van der Waals surface area contributed by atoms with Gasteiger partial charge < -0.3 is 10.2 Å². The SMILES string of the molecule is CCCCNC(=O)[C@H](C)N(Cc1cccc(Br)c1)C(=O)CSCc1c(F)cccc1Cl. The summed E-state index contributed by atoms with van der Waals surface area (Å²) >= 11 is 10.8. The number of unbranched alkanes of at least 4 members (excludes halogenated alkanes) is 1. The van der Waals surface area contributed by atoms with Gasteiger partial charge in [0.05, 0.1) is 5.75 Å². The molecule has 0 fully saturated rings. The quantitative estimate of drug-likeness (QED) is 0.374. The molecule has 0 bridgehead atoms. The number of hydrogen-bond acceptors (Lipinski definition) is 3. The molecule has 2 rings (SSSR count). The molecule has 0 radical (unpaired) electrons. The summed E-state index contributed by atoms with van der Waals surface area (Å²) in [5.74, 6) is -0.360. The van der Waals surface area contributed by atoms with Crippen LogP contribution in [-0.2, 0) is 21.9 Å². The maximum Gasteiger partial charge on any atom is 0.242 e. The lowest BCUT2D eigenvalue weighted by molar-refractivity contribution is -0.138. The van der Waals surface area contributed by atoms with E-state index in [0.717, 1.165) is 22.9 Å². The first-order valence-electron chi connectivity index (χ1n) is 10.2. The Morgan fingerprint density at radius 3 is 2.68 bits per heavy atom. The van der Waals surface area contributed by atoms with Gasteiger partial charge in [-0.3, -0.25) is 9.59 Å². The van der Waals surface area contributed by atoms with E-state index in [-0.39, 0.29) is 29.1 Å². The Kier molecular flexibility index (Phi) is 10.8. The Morgan fingerprint density at radius 1 is 1.26 bits per heavy atom. The van der Waals surface area contributed by atoms with Gasteiger partial charge in [-0.1, -0.05) is 59.1 Å². The van der Waals surface area contributed by atoms with Crippen LogP contribution >= 0.6 is 39.3 Å². The van der Waals surface area contributed by atoms with Gasteiger partial charge in [-0.2, -0.15) is 0 Å². The zero-order valence-corrected chi connectivity index (χ0v) is 20.8. The molecule has 2 aromatic rings. The molecule has 0 aliphatic rings. The van der Waals surface area contributed by atoms with Crippen molar-refractivity contribution in [3.63, 3.8) is 0 Å². The molecule has 1 atom stereocenters. The van der Waals surface area contributed by atoms with Crippen molar-refractivity contribution >= 4 is 51.1 Å². The lowest BCUT2D eigenvalue weighted by Crippen LogP contribution is -2.48. The molecule has 31 heavy (non-hydrogen) atoms. The van der Waals surface area contributed by atoms with E-state index in [9.17, 15) is 14.0 Å². The second kappa shape index (κ2) is 13.1. The molecule has 0 aliphatic carbocycles. The van der Waals surface area contributed by atoms with Crippen molar-refractivity contribution in [3.05, 3.63) is 68.9 Å². The van der Waals surface area contributed by atoms with Crippen LogP contribution in [0.4, 0.5) is 4.39 Å². The summed E-state index contributed by atoms with van der Waals surface area (Å²) in [6, 6.07) is 11.5. The largest absolute Gasteiger partial charge is 0.354 e. The highest BCUT2D eigenvalue weighted by molar-refractivity contribution is 9.10. The van der Waals surface area contributed by atoms with Crippen molar-refractivity contribution < 1.29 is 14.0 Å². The van der Waals surface area contributed by atoms with Crippen LogP contribution in [0.2, 0.25) is 5.02 Å². The Bertz CT molecular complexity index is 879. The highest BCUT2D eigenvalue weighted by Gasteiger charge is 2.26. The number of thioether (sulfide) groups is 1. The third-order valence-corrected chi connectivity index (χ3v) is 6.56. The molecule has 0 heterocycles. The van der Waals surface area contributed by atoms with E-state index in [1.165, 1.54) is 17.8 Å². The second-order valence-corrected chi connectivity index (χ2v) is 9.47. The van der Waals surface area contributed by atoms with Crippen LogP contribution in [0.5, 0.6) is 0 Å². The van der Waals surface area contributed by atoms with Crippen molar-refractivity contribution in [2.24, 2.45) is 0 Å². The van der Waals surface area contributed by atoms with E-state index in [4.69, 9.17) is 11.6 Å². The fraction of sp³-hybridized carbons (Fsp3) is 0.391. The summed E-state index contributed by atoms with van der Waals surface area (Å²) in [7, 11) is 0. The van der Waals surface area contributed by atoms with E-state index < -0.39 is 6.04 Å². The molecule has 1 N–H and O–H groups in total. The van der Waals surface area contributed by atoms with Gasteiger partial charge in [0, 0.05) is 33.9 Å². The third-order valence-electron chi connectivity index (χ3n) is 4.77. The van der Waals surface area contributed by atoms with Crippen molar-refractivity contribution in [3.8, 4) is 0 Å². The number of hydrogen-bond donors (Lipinski definition) is 1. The van der Waals surface area contributed by atoms with E-state index >= 15 is 0 Å². The Labute approximate surface area is 201 Å². The van der Waals surface area contributed by atoms with Crippen molar-refractivity contribution in [2.45, 2.75) is 45.0 Å². The number of carbonyl (C=O) groups excluding carboxylic acids is 2. The number of halogens is 3. The Morgan fingerprint density at radius 2 is 2.00 bits per heavy atom. The summed E-state index contributed by atoms with van der Waals surface area (Å²) in [6.07, 6.45) is 1.86. The Balaban J connectivity index is 2.08. The minimum Gasteiger partial charge on any atom is -0.354 e. The van der Waals surface area contributed by atoms with Crippen molar-refractivity contribution in [2.75, 3.05) is 12.3 Å². The first-order chi connectivity index (χ1) is 14.8. The molecule has 0 aromatic heterocycles. The average molecular weight is 530 g/mol. The maximum atomic E-state index is 14.0. The molecule has 2 aromatic carbocycles. The average Bonchev–Trinajstić information content (AvgIpc) is 2.73. The van der Waals surface area contributed by atoms with Crippen LogP contribution in [0.1, 0.15) is 37.8 Å². The lowest BCUT2D eigenvalue weighted by Gasteiger charge is -2.29. The van der Waals surface area contributed by atoms with Gasteiger partial charge in [0.25, 0.3) is 0 Å². The van der Waals surface area contributed by atoms with Gasteiger partial charge >= 0.3 is 0 Å². The molecule has 0 saturated carbocycles. The summed E-state index contributed by atoms with van der Waals surface area (Å²) in [5.41, 5.74) is 1.30. The van der Waals surface area contributed by atoms with E-state index in [1.807, 2.05) is 24.3 Å². The van der Waals surface area contributed by atoms with Crippen LogP contribution < -0.4 is 5.32 Å². The van der Waals surface area contributed by atoms with Crippen LogP contribution in [0.3, 0.4) is 0 Å². The van der Waals surface area contributed by atoms with Gasteiger partial charge in [0.15, 0.2) is 0 Å². The second-order valence-electron chi connectivity index (χ2n) is 7.17. The normalized spacial score (nSPS) is 11.8. The molecule has 8 heteroatoms. The van der Waals surface area contributed by atoms with Crippen LogP contribution in [0.15, 0.2) is 46.9 Å². The molecule has 4 nitrogen and oxygen atoms in total. The topological polar surface area (TPSA) is 49.4 Å². The lowest BCUT2D eigenvalue weighted by atomic mass is 10.1. The van der Waals surface area contributed by atoms with E-state index in [2.05, 4.69) is 28.2 Å². The van der Waals surface area contributed by atoms with Gasteiger partial charge in [0.1, 0.15) is 11.9 Å². The molecule has 0 aliphatic heterocycles. The standard InChI is InChI=1S/C23H27BrClFN2O2S/c1-3-4-11-27-23(30)16(2)28(13-17-7-5-8-18(24)12-17)22(29)15-31-14-19-20(25)9-6-10-21(19)26/h5-10,12,16H,3-4,11,13-15H2,1-2H3,(H,27,30)/t16-/m0/s1. The molecule has 168 valence electrons.